The lowest BCUT2D eigenvalue weighted by Gasteiger charge is -2.45. The fourth-order valence-electron chi connectivity index (χ4n) is 1.93. The van der Waals surface area contributed by atoms with E-state index in [1.807, 2.05) is 11.0 Å². The highest BCUT2D eigenvalue weighted by atomic mass is 16.2. The molecule has 2 nitrogen and oxygen atoms in total. The summed E-state index contributed by atoms with van der Waals surface area (Å²) < 4.78 is 0. The van der Waals surface area contributed by atoms with Gasteiger partial charge in [0.2, 0.25) is 5.91 Å². The molecule has 72 valence electrons. The van der Waals surface area contributed by atoms with Crippen LogP contribution < -0.4 is 0 Å². The lowest BCUT2D eigenvalue weighted by Crippen LogP contribution is -2.55. The Balaban J connectivity index is 1.86. The molecule has 2 aliphatic rings. The number of carbonyl (C=O) groups excluding carboxylic acids is 1. The van der Waals surface area contributed by atoms with Gasteiger partial charge in [0, 0.05) is 19.2 Å². The van der Waals surface area contributed by atoms with E-state index in [-0.39, 0.29) is 5.91 Å². The van der Waals surface area contributed by atoms with E-state index in [0.29, 0.717) is 5.41 Å². The van der Waals surface area contributed by atoms with E-state index in [2.05, 4.69) is 13.8 Å². The zero-order valence-electron chi connectivity index (χ0n) is 8.47. The van der Waals surface area contributed by atoms with Crippen molar-refractivity contribution in [1.82, 2.24) is 4.90 Å². The SMILES string of the molecule is CC1(C)CN(C(=O)C=C2CCC2)C1. The summed E-state index contributed by atoms with van der Waals surface area (Å²) in [6, 6.07) is 0. The van der Waals surface area contributed by atoms with Gasteiger partial charge in [-0.1, -0.05) is 19.4 Å². The molecule has 0 N–H and O–H groups in total. The van der Waals surface area contributed by atoms with Gasteiger partial charge in [-0.05, 0) is 24.7 Å². The molecule has 0 atom stereocenters. The van der Waals surface area contributed by atoms with Gasteiger partial charge in [0.25, 0.3) is 0 Å². The summed E-state index contributed by atoms with van der Waals surface area (Å²) in [5, 5.41) is 0. The summed E-state index contributed by atoms with van der Waals surface area (Å²) in [5.41, 5.74) is 1.70. The van der Waals surface area contributed by atoms with Gasteiger partial charge in [0.05, 0.1) is 0 Å². The van der Waals surface area contributed by atoms with Crippen molar-refractivity contribution < 1.29 is 4.79 Å². The Kier molecular flexibility index (Phi) is 1.94. The molecule has 2 rings (SSSR count). The van der Waals surface area contributed by atoms with Gasteiger partial charge in [0.15, 0.2) is 0 Å². The van der Waals surface area contributed by atoms with Gasteiger partial charge >= 0.3 is 0 Å². The fraction of sp³-hybridized carbons (Fsp3) is 0.727. The third-order valence-electron chi connectivity index (χ3n) is 2.87. The minimum Gasteiger partial charge on any atom is -0.338 e. The van der Waals surface area contributed by atoms with Crippen LogP contribution in [0.3, 0.4) is 0 Å². The molecule has 1 amide bonds. The van der Waals surface area contributed by atoms with E-state index in [9.17, 15) is 4.79 Å². The third kappa shape index (κ3) is 1.77. The van der Waals surface area contributed by atoms with Crippen molar-refractivity contribution >= 4 is 5.91 Å². The van der Waals surface area contributed by atoms with Crippen molar-refractivity contribution in [2.45, 2.75) is 33.1 Å². The Hall–Kier alpha value is -0.790. The fourth-order valence-corrected chi connectivity index (χ4v) is 1.93. The summed E-state index contributed by atoms with van der Waals surface area (Å²) in [7, 11) is 0. The molecule has 2 heteroatoms. The van der Waals surface area contributed by atoms with Crippen LogP contribution in [0.4, 0.5) is 0 Å². The van der Waals surface area contributed by atoms with Crippen molar-refractivity contribution in [3.05, 3.63) is 11.6 Å². The quantitative estimate of drug-likeness (QED) is 0.563. The molecule has 0 aromatic heterocycles. The summed E-state index contributed by atoms with van der Waals surface area (Å²) in [6.07, 6.45) is 5.40. The monoisotopic (exact) mass is 179 g/mol. The smallest absolute Gasteiger partial charge is 0.246 e. The number of allylic oxidation sites excluding steroid dienone is 1. The minimum atomic E-state index is 0.231. The molecule has 0 aromatic rings. The van der Waals surface area contributed by atoms with Crippen LogP contribution in [-0.2, 0) is 4.79 Å². The lowest BCUT2D eigenvalue weighted by atomic mass is 9.84. The first kappa shape index (κ1) is 8.79. The number of amides is 1. The highest BCUT2D eigenvalue weighted by Gasteiger charge is 2.36. The lowest BCUT2D eigenvalue weighted by molar-refractivity contribution is -0.136. The molecule has 0 spiro atoms. The summed E-state index contributed by atoms with van der Waals surface area (Å²) in [4.78, 5) is 13.5. The molecule has 1 aliphatic carbocycles. The first-order chi connectivity index (χ1) is 6.07. The number of rotatable bonds is 1. The number of nitrogens with zero attached hydrogens (tertiary/aromatic N) is 1. The maximum absolute atomic E-state index is 11.6. The molecule has 1 aliphatic heterocycles. The van der Waals surface area contributed by atoms with Crippen molar-refractivity contribution in [3.8, 4) is 0 Å². The van der Waals surface area contributed by atoms with Crippen LogP contribution in [0.15, 0.2) is 11.6 Å². The Morgan fingerprint density at radius 2 is 2.00 bits per heavy atom. The Morgan fingerprint density at radius 3 is 2.38 bits per heavy atom. The van der Waals surface area contributed by atoms with Crippen LogP contribution >= 0.6 is 0 Å². The standard InChI is InChI=1S/C11H17NO/c1-11(2)7-12(8-11)10(13)6-9-4-3-5-9/h6H,3-5,7-8H2,1-2H3. The number of hydrogen-bond donors (Lipinski definition) is 0. The highest BCUT2D eigenvalue weighted by Crippen LogP contribution is 2.30. The van der Waals surface area contributed by atoms with Crippen molar-refractivity contribution in [1.29, 1.82) is 0 Å². The predicted octanol–water partition coefficient (Wildman–Crippen LogP) is 1.97. The van der Waals surface area contributed by atoms with E-state index in [1.54, 1.807) is 0 Å². The minimum absolute atomic E-state index is 0.231. The van der Waals surface area contributed by atoms with Crippen molar-refractivity contribution in [3.63, 3.8) is 0 Å². The first-order valence-corrected chi connectivity index (χ1v) is 5.05. The van der Waals surface area contributed by atoms with Crippen LogP contribution in [0.2, 0.25) is 0 Å². The van der Waals surface area contributed by atoms with Gasteiger partial charge in [-0.25, -0.2) is 0 Å². The summed E-state index contributed by atoms with van der Waals surface area (Å²) in [6.45, 7) is 6.26. The van der Waals surface area contributed by atoms with Crippen molar-refractivity contribution in [2.24, 2.45) is 5.41 Å². The molecule has 1 saturated heterocycles. The number of carbonyl (C=O) groups is 1. The molecular weight excluding hydrogens is 162 g/mol. The predicted molar refractivity (Wildman–Crippen MR) is 52.3 cm³/mol. The maximum atomic E-state index is 11.6. The van der Waals surface area contributed by atoms with Crippen molar-refractivity contribution in [2.75, 3.05) is 13.1 Å². The number of likely N-dealkylation sites (tertiary alicyclic amines) is 1. The van der Waals surface area contributed by atoms with E-state index in [0.717, 1.165) is 25.9 Å². The molecule has 1 saturated carbocycles. The van der Waals surface area contributed by atoms with Gasteiger partial charge in [-0.3, -0.25) is 4.79 Å². The van der Waals surface area contributed by atoms with Crippen LogP contribution in [0.1, 0.15) is 33.1 Å². The highest BCUT2D eigenvalue weighted by molar-refractivity contribution is 5.89. The van der Waals surface area contributed by atoms with Gasteiger partial charge < -0.3 is 4.90 Å². The Morgan fingerprint density at radius 1 is 1.38 bits per heavy atom. The topological polar surface area (TPSA) is 20.3 Å². The first-order valence-electron chi connectivity index (χ1n) is 5.05. The molecule has 0 radical (unpaired) electrons. The van der Waals surface area contributed by atoms with Gasteiger partial charge in [-0.2, -0.15) is 0 Å². The summed E-state index contributed by atoms with van der Waals surface area (Å²) in [5.74, 6) is 0.231. The second-order valence-electron chi connectivity index (χ2n) is 5.01. The van der Waals surface area contributed by atoms with Gasteiger partial charge in [-0.15, -0.1) is 0 Å². The zero-order chi connectivity index (χ0) is 9.47. The second-order valence-corrected chi connectivity index (χ2v) is 5.01. The van der Waals surface area contributed by atoms with Crippen LogP contribution in [0.25, 0.3) is 0 Å². The van der Waals surface area contributed by atoms with E-state index < -0.39 is 0 Å². The van der Waals surface area contributed by atoms with E-state index >= 15 is 0 Å². The molecule has 13 heavy (non-hydrogen) atoms. The summed E-state index contributed by atoms with van der Waals surface area (Å²) >= 11 is 0. The van der Waals surface area contributed by atoms with E-state index in [1.165, 1.54) is 12.0 Å². The molecular formula is C11H17NO. The number of hydrogen-bond acceptors (Lipinski definition) is 1. The van der Waals surface area contributed by atoms with Gasteiger partial charge in [0.1, 0.15) is 0 Å². The van der Waals surface area contributed by atoms with E-state index in [4.69, 9.17) is 0 Å². The van der Waals surface area contributed by atoms with Crippen LogP contribution in [-0.4, -0.2) is 23.9 Å². The molecule has 2 fully saturated rings. The molecule has 0 aromatic carbocycles. The average Bonchev–Trinajstić information content (AvgIpc) is 1.91. The normalized spacial score (nSPS) is 24.8. The molecule has 0 unspecified atom stereocenters. The van der Waals surface area contributed by atoms with Crippen LogP contribution in [0.5, 0.6) is 0 Å². The second kappa shape index (κ2) is 2.86. The Labute approximate surface area is 79.6 Å². The maximum Gasteiger partial charge on any atom is 0.246 e. The largest absolute Gasteiger partial charge is 0.338 e. The third-order valence-corrected chi connectivity index (χ3v) is 2.87. The Bertz CT molecular complexity index is 251. The van der Waals surface area contributed by atoms with Crippen LogP contribution in [0, 0.1) is 5.41 Å². The molecule has 0 bridgehead atoms. The average molecular weight is 179 g/mol. The zero-order valence-corrected chi connectivity index (χ0v) is 8.47. The molecule has 1 heterocycles.